The summed E-state index contributed by atoms with van der Waals surface area (Å²) < 4.78 is 0. The molecule has 0 unspecified atom stereocenters. The van der Waals surface area contributed by atoms with Gasteiger partial charge in [-0.05, 0) is 76.8 Å². The number of rotatable bonds is 3. The predicted molar refractivity (Wildman–Crippen MR) is 81.6 cm³/mol. The molecular weight excluding hydrogens is 286 g/mol. The van der Waals surface area contributed by atoms with Crippen LogP contribution in [0.4, 0.5) is 5.69 Å². The van der Waals surface area contributed by atoms with Gasteiger partial charge in [0.1, 0.15) is 0 Å². The normalized spacial score (nSPS) is 18.1. The number of aryl methyl sites for hydroxylation is 1. The van der Waals surface area contributed by atoms with Crippen LogP contribution in [0.5, 0.6) is 0 Å². The van der Waals surface area contributed by atoms with Gasteiger partial charge in [-0.2, -0.15) is 0 Å². The maximum Gasteiger partial charge on any atom is 0.0340 e. The standard InChI is InChI=1S/C13H14N.C5H5.Fe/c1-11-6-8-13(9-7-11)14-10-12-4-2-3-5-12;1-2-4-5-3-1;/h2-9,14H,10H2,1H3;1-5H;. The topological polar surface area (TPSA) is 12.0 Å². The Hall–Kier alpha value is -0.461. The van der Waals surface area contributed by atoms with E-state index in [9.17, 15) is 0 Å². The maximum atomic E-state index is 3.37. The molecule has 104 valence electrons. The number of benzene rings is 1. The Labute approximate surface area is 135 Å². The molecule has 1 nitrogen and oxygen atoms in total. The van der Waals surface area contributed by atoms with Crippen molar-refractivity contribution in [2.75, 3.05) is 11.9 Å². The Morgan fingerprint density at radius 1 is 0.750 bits per heavy atom. The molecule has 0 aliphatic heterocycles. The SMILES string of the molecule is Cc1ccc(NC[C]2[CH][CH][CH][CH]2)cc1.[CH]1[CH][CH][CH][CH]1.[Fe]. The maximum absolute atomic E-state index is 3.37. The molecule has 0 spiro atoms. The zero-order valence-corrected chi connectivity index (χ0v) is 12.7. The molecule has 1 aromatic rings. The van der Waals surface area contributed by atoms with E-state index in [-0.39, 0.29) is 17.1 Å². The van der Waals surface area contributed by atoms with Gasteiger partial charge in [0.05, 0.1) is 0 Å². The number of anilines is 1. The molecule has 2 heteroatoms. The van der Waals surface area contributed by atoms with Crippen LogP contribution in [-0.4, -0.2) is 6.54 Å². The monoisotopic (exact) mass is 305 g/mol. The van der Waals surface area contributed by atoms with Gasteiger partial charge in [0.15, 0.2) is 0 Å². The third-order valence-corrected chi connectivity index (χ3v) is 2.84. The van der Waals surface area contributed by atoms with Crippen molar-refractivity contribution in [3.63, 3.8) is 0 Å². The van der Waals surface area contributed by atoms with Crippen LogP contribution in [0.3, 0.4) is 0 Å². The third kappa shape index (κ3) is 6.81. The van der Waals surface area contributed by atoms with Crippen molar-refractivity contribution in [2.24, 2.45) is 0 Å². The molecular formula is C18H19FeN. The summed E-state index contributed by atoms with van der Waals surface area (Å²) in [5.74, 6) is 1.32. The third-order valence-electron chi connectivity index (χ3n) is 2.84. The van der Waals surface area contributed by atoms with E-state index in [0.717, 1.165) is 6.54 Å². The fourth-order valence-electron chi connectivity index (χ4n) is 1.73. The Bertz CT molecular complexity index is 329. The zero-order valence-electron chi connectivity index (χ0n) is 11.6. The summed E-state index contributed by atoms with van der Waals surface area (Å²) in [7, 11) is 0. The first kappa shape index (κ1) is 17.6. The molecule has 0 bridgehead atoms. The van der Waals surface area contributed by atoms with E-state index in [1.54, 1.807) is 0 Å². The molecule has 0 heterocycles. The molecule has 2 saturated carbocycles. The fourth-order valence-corrected chi connectivity index (χ4v) is 1.73. The summed E-state index contributed by atoms with van der Waals surface area (Å²) >= 11 is 0. The Morgan fingerprint density at radius 3 is 1.75 bits per heavy atom. The first-order valence-corrected chi connectivity index (χ1v) is 6.52. The second-order valence-corrected chi connectivity index (χ2v) is 4.47. The minimum Gasteiger partial charge on any atom is -0.384 e. The van der Waals surface area contributed by atoms with Crippen molar-refractivity contribution in [2.45, 2.75) is 6.92 Å². The molecule has 1 N–H and O–H groups in total. The quantitative estimate of drug-likeness (QED) is 0.837. The second-order valence-electron chi connectivity index (χ2n) is 4.47. The molecule has 0 atom stereocenters. The summed E-state index contributed by atoms with van der Waals surface area (Å²) in [6.45, 7) is 3.00. The van der Waals surface area contributed by atoms with Crippen molar-refractivity contribution < 1.29 is 17.1 Å². The van der Waals surface area contributed by atoms with E-state index < -0.39 is 0 Å². The number of hydrogen-bond donors (Lipinski definition) is 1. The molecule has 3 rings (SSSR count). The van der Waals surface area contributed by atoms with Gasteiger partial charge in [0.25, 0.3) is 0 Å². The molecule has 0 amide bonds. The average Bonchev–Trinajstić information content (AvgIpc) is 3.14. The van der Waals surface area contributed by atoms with Crippen molar-refractivity contribution in [3.05, 3.63) is 93.5 Å². The summed E-state index contributed by atoms with van der Waals surface area (Å²) in [4.78, 5) is 0. The van der Waals surface area contributed by atoms with Crippen molar-refractivity contribution in [3.8, 4) is 0 Å². The Morgan fingerprint density at radius 2 is 1.25 bits per heavy atom. The molecule has 2 aliphatic carbocycles. The van der Waals surface area contributed by atoms with Gasteiger partial charge in [0.2, 0.25) is 0 Å². The van der Waals surface area contributed by atoms with Crippen LogP contribution in [-0.2, 0) is 17.1 Å². The minimum absolute atomic E-state index is 0. The fraction of sp³-hybridized carbons (Fsp3) is 0.111. The summed E-state index contributed by atoms with van der Waals surface area (Å²) in [5.41, 5.74) is 2.47. The first-order valence-electron chi connectivity index (χ1n) is 6.52. The van der Waals surface area contributed by atoms with Gasteiger partial charge in [-0.1, -0.05) is 17.7 Å². The van der Waals surface area contributed by atoms with Crippen molar-refractivity contribution in [1.29, 1.82) is 0 Å². The second kappa shape index (κ2) is 10.3. The van der Waals surface area contributed by atoms with Crippen LogP contribution in [0, 0.1) is 70.6 Å². The Balaban J connectivity index is 0.000000283. The summed E-state index contributed by atoms with van der Waals surface area (Å²) in [6, 6.07) is 8.46. The van der Waals surface area contributed by atoms with Gasteiger partial charge in [-0.25, -0.2) is 0 Å². The van der Waals surface area contributed by atoms with E-state index >= 15 is 0 Å². The molecule has 0 aromatic heterocycles. The van der Waals surface area contributed by atoms with Crippen LogP contribution in [0.15, 0.2) is 24.3 Å². The van der Waals surface area contributed by atoms with E-state index in [0.29, 0.717) is 0 Å². The molecule has 10 radical (unpaired) electrons. The number of hydrogen-bond acceptors (Lipinski definition) is 1. The zero-order chi connectivity index (χ0) is 13.3. The van der Waals surface area contributed by atoms with Gasteiger partial charge in [-0.15, -0.1) is 0 Å². The van der Waals surface area contributed by atoms with Gasteiger partial charge >= 0.3 is 0 Å². The molecule has 2 aliphatic rings. The van der Waals surface area contributed by atoms with Gasteiger partial charge in [0, 0.05) is 35.2 Å². The summed E-state index contributed by atoms with van der Waals surface area (Å²) in [6.07, 6.45) is 18.4. The molecule has 20 heavy (non-hydrogen) atoms. The first-order chi connectivity index (χ1) is 9.34. The van der Waals surface area contributed by atoms with Crippen LogP contribution >= 0.6 is 0 Å². The number of nitrogens with one attached hydrogen (secondary N) is 1. The van der Waals surface area contributed by atoms with Crippen molar-refractivity contribution in [1.82, 2.24) is 0 Å². The van der Waals surface area contributed by atoms with Crippen molar-refractivity contribution >= 4 is 5.69 Å². The average molecular weight is 305 g/mol. The summed E-state index contributed by atoms with van der Waals surface area (Å²) in [5, 5.41) is 3.37. The van der Waals surface area contributed by atoms with Crippen LogP contribution < -0.4 is 5.32 Å². The largest absolute Gasteiger partial charge is 0.384 e. The van der Waals surface area contributed by atoms with Gasteiger partial charge in [-0.3, -0.25) is 0 Å². The van der Waals surface area contributed by atoms with E-state index in [2.05, 4.69) is 62.2 Å². The van der Waals surface area contributed by atoms with E-state index in [1.807, 2.05) is 32.1 Å². The molecule has 1 aromatic carbocycles. The van der Waals surface area contributed by atoms with Crippen LogP contribution in [0.25, 0.3) is 0 Å². The van der Waals surface area contributed by atoms with E-state index in [1.165, 1.54) is 17.2 Å². The smallest absolute Gasteiger partial charge is 0.0340 e. The van der Waals surface area contributed by atoms with E-state index in [4.69, 9.17) is 0 Å². The van der Waals surface area contributed by atoms with Gasteiger partial charge < -0.3 is 5.32 Å². The minimum atomic E-state index is 0. The van der Waals surface area contributed by atoms with Crippen LogP contribution in [0.2, 0.25) is 0 Å². The predicted octanol–water partition coefficient (Wildman–Crippen LogP) is 3.83. The Kier molecular flexibility index (Phi) is 9.05. The molecule has 0 saturated heterocycles. The van der Waals surface area contributed by atoms with Crippen LogP contribution in [0.1, 0.15) is 5.56 Å². The molecule has 2 fully saturated rings.